The van der Waals surface area contributed by atoms with E-state index in [1.165, 1.54) is 0 Å². The fraction of sp³-hybridized carbons (Fsp3) is 0.441. The van der Waals surface area contributed by atoms with E-state index < -0.39 is 27.4 Å². The SMILES string of the molecule is C[C@]12C=CCN(Cc3ccccc3)C(=O)[C@H]1[C@H]1C(=O)N(CCCCCO)C3C(=O)N(Cc4ccccc4)CC=C[C@@]31S2. The topological polar surface area (TPSA) is 81.2 Å². The lowest BCUT2D eigenvalue weighted by atomic mass is 9.74. The fourth-order valence-electron chi connectivity index (χ4n) is 7.32. The largest absolute Gasteiger partial charge is 0.396 e. The molecule has 42 heavy (non-hydrogen) atoms. The van der Waals surface area contributed by atoms with Gasteiger partial charge in [-0.3, -0.25) is 14.4 Å². The van der Waals surface area contributed by atoms with Crippen molar-refractivity contribution in [2.45, 2.75) is 54.8 Å². The number of carbonyl (C=O) groups is 3. The number of thioether (sulfide) groups is 1. The van der Waals surface area contributed by atoms with Crippen LogP contribution in [0.4, 0.5) is 0 Å². The summed E-state index contributed by atoms with van der Waals surface area (Å²) in [5.41, 5.74) is 2.09. The molecule has 8 heteroatoms. The monoisotopic (exact) mass is 585 g/mol. The second kappa shape index (κ2) is 11.7. The number of hydrogen-bond donors (Lipinski definition) is 1. The molecule has 0 aliphatic carbocycles. The lowest BCUT2D eigenvalue weighted by Gasteiger charge is -2.37. The van der Waals surface area contributed by atoms with Crippen LogP contribution in [0.3, 0.4) is 0 Å². The van der Waals surface area contributed by atoms with Crippen LogP contribution < -0.4 is 0 Å². The van der Waals surface area contributed by atoms with Gasteiger partial charge in [-0.05, 0) is 37.3 Å². The van der Waals surface area contributed by atoms with Crippen molar-refractivity contribution in [3.63, 3.8) is 0 Å². The highest BCUT2D eigenvalue weighted by Crippen LogP contribution is 2.65. The maximum atomic E-state index is 14.5. The first kappa shape index (κ1) is 28.7. The number of likely N-dealkylation sites (tertiary alicyclic amines) is 1. The van der Waals surface area contributed by atoms with Gasteiger partial charge in [-0.1, -0.05) is 85.0 Å². The molecule has 0 bridgehead atoms. The summed E-state index contributed by atoms with van der Waals surface area (Å²) in [5.74, 6) is -1.41. The van der Waals surface area contributed by atoms with E-state index in [2.05, 4.69) is 25.2 Å². The number of unbranched alkanes of at least 4 members (excludes halogenated alkanes) is 2. The Morgan fingerprint density at radius 2 is 1.36 bits per heavy atom. The predicted molar refractivity (Wildman–Crippen MR) is 164 cm³/mol. The molecular formula is C34H39N3O4S. The number of hydrogen-bond acceptors (Lipinski definition) is 5. The molecule has 0 radical (unpaired) electrons. The van der Waals surface area contributed by atoms with Gasteiger partial charge in [0.25, 0.3) is 0 Å². The van der Waals surface area contributed by atoms with Crippen LogP contribution in [0.2, 0.25) is 0 Å². The molecule has 2 aromatic rings. The van der Waals surface area contributed by atoms with Crippen molar-refractivity contribution >= 4 is 29.5 Å². The molecule has 6 rings (SSSR count). The summed E-state index contributed by atoms with van der Waals surface area (Å²) in [6, 6.07) is 19.2. The third-order valence-corrected chi connectivity index (χ3v) is 11.0. The number of nitrogens with zero attached hydrogens (tertiary/aromatic N) is 3. The minimum absolute atomic E-state index is 0.0267. The van der Waals surface area contributed by atoms with Gasteiger partial charge in [0.15, 0.2) is 0 Å². The molecule has 0 saturated carbocycles. The van der Waals surface area contributed by atoms with Gasteiger partial charge in [-0.15, -0.1) is 11.8 Å². The summed E-state index contributed by atoms with van der Waals surface area (Å²) in [4.78, 5) is 48.9. The standard InChI is InChI=1S/C34H39N3O4S/c1-33-17-11-19-35(23-25-13-5-2-6-14-25)30(39)27(33)28-31(40)37(21-9-4-10-22-38)29-32(41)36(20-12-18-34(28,29)42-33)24-26-15-7-3-8-16-26/h2-3,5-8,11-18,27-29,38H,4,9-10,19-24H2,1H3/t27-,28+,29?,33+,34+/m1/s1. The molecule has 1 unspecified atom stereocenters. The molecule has 220 valence electrons. The van der Waals surface area contributed by atoms with E-state index in [9.17, 15) is 19.5 Å². The van der Waals surface area contributed by atoms with E-state index in [1.807, 2.05) is 76.5 Å². The zero-order chi connectivity index (χ0) is 29.3. The molecule has 1 spiro atoms. The minimum Gasteiger partial charge on any atom is -0.396 e. The van der Waals surface area contributed by atoms with Crippen LogP contribution in [0.1, 0.15) is 37.3 Å². The Morgan fingerprint density at radius 1 is 0.762 bits per heavy atom. The Morgan fingerprint density at radius 3 is 1.98 bits per heavy atom. The van der Waals surface area contributed by atoms with Gasteiger partial charge in [0.1, 0.15) is 6.04 Å². The van der Waals surface area contributed by atoms with Gasteiger partial charge >= 0.3 is 0 Å². The zero-order valence-corrected chi connectivity index (χ0v) is 24.9. The normalized spacial score (nSPS) is 30.3. The number of rotatable bonds is 9. The van der Waals surface area contributed by atoms with Crippen molar-refractivity contribution in [2.75, 3.05) is 26.2 Å². The smallest absolute Gasteiger partial charge is 0.247 e. The number of amides is 3. The van der Waals surface area contributed by atoms with E-state index in [4.69, 9.17) is 0 Å². The molecule has 4 heterocycles. The van der Waals surface area contributed by atoms with Crippen LogP contribution in [-0.2, 0) is 27.5 Å². The average molecular weight is 586 g/mol. The Bertz CT molecular complexity index is 1380. The highest BCUT2D eigenvalue weighted by atomic mass is 32.2. The molecule has 7 nitrogen and oxygen atoms in total. The summed E-state index contributed by atoms with van der Waals surface area (Å²) in [6.07, 6.45) is 10.4. The van der Waals surface area contributed by atoms with Crippen LogP contribution in [0.15, 0.2) is 85.0 Å². The van der Waals surface area contributed by atoms with Crippen molar-refractivity contribution in [1.82, 2.24) is 14.7 Å². The molecule has 1 N–H and O–H groups in total. The Labute approximate surface area is 252 Å². The molecular weight excluding hydrogens is 546 g/mol. The van der Waals surface area contributed by atoms with E-state index in [0.717, 1.165) is 17.5 Å². The summed E-state index contributed by atoms with van der Waals surface area (Å²) < 4.78 is -1.46. The minimum atomic E-state index is -0.842. The lowest BCUT2D eigenvalue weighted by molar-refractivity contribution is -0.145. The van der Waals surface area contributed by atoms with Gasteiger partial charge in [0.2, 0.25) is 17.7 Å². The Hall–Kier alpha value is -3.36. The molecule has 5 atom stereocenters. The second-order valence-electron chi connectivity index (χ2n) is 12.0. The van der Waals surface area contributed by atoms with Crippen LogP contribution in [0.5, 0.6) is 0 Å². The maximum absolute atomic E-state index is 14.5. The van der Waals surface area contributed by atoms with Crippen LogP contribution in [-0.4, -0.2) is 79.3 Å². The summed E-state index contributed by atoms with van der Waals surface area (Å²) >= 11 is 1.63. The third-order valence-electron chi connectivity index (χ3n) is 9.21. The predicted octanol–water partition coefficient (Wildman–Crippen LogP) is 4.03. The first-order valence-electron chi connectivity index (χ1n) is 15.0. The first-order chi connectivity index (χ1) is 20.4. The van der Waals surface area contributed by atoms with Crippen molar-refractivity contribution in [2.24, 2.45) is 11.8 Å². The highest BCUT2D eigenvalue weighted by molar-refractivity contribution is 8.02. The van der Waals surface area contributed by atoms with E-state index in [-0.39, 0.29) is 24.3 Å². The van der Waals surface area contributed by atoms with Crippen molar-refractivity contribution in [3.8, 4) is 0 Å². The highest BCUT2D eigenvalue weighted by Gasteiger charge is 2.73. The second-order valence-corrected chi connectivity index (χ2v) is 13.8. The summed E-state index contributed by atoms with van der Waals surface area (Å²) in [6.45, 7) is 4.48. The summed E-state index contributed by atoms with van der Waals surface area (Å²) in [5, 5.41) is 9.32. The van der Waals surface area contributed by atoms with E-state index >= 15 is 0 Å². The number of aliphatic hydroxyl groups excluding tert-OH is 1. The lowest BCUT2D eigenvalue weighted by Crippen LogP contribution is -2.53. The van der Waals surface area contributed by atoms with Gasteiger partial charge in [0, 0.05) is 44.1 Å². The molecule has 0 aromatic heterocycles. The molecule has 3 amide bonds. The Balaban J connectivity index is 1.37. The van der Waals surface area contributed by atoms with E-state index in [0.29, 0.717) is 45.6 Å². The molecule has 4 aliphatic rings. The zero-order valence-electron chi connectivity index (χ0n) is 24.1. The molecule has 2 saturated heterocycles. The van der Waals surface area contributed by atoms with Crippen LogP contribution in [0, 0.1) is 11.8 Å². The maximum Gasteiger partial charge on any atom is 0.247 e. The van der Waals surface area contributed by atoms with Crippen molar-refractivity contribution < 1.29 is 19.5 Å². The van der Waals surface area contributed by atoms with Crippen LogP contribution in [0.25, 0.3) is 0 Å². The molecule has 2 aromatic carbocycles. The average Bonchev–Trinajstić information content (AvgIpc) is 3.27. The number of benzene rings is 2. The van der Waals surface area contributed by atoms with Gasteiger partial charge < -0.3 is 19.8 Å². The first-order valence-corrected chi connectivity index (χ1v) is 15.8. The van der Waals surface area contributed by atoms with Crippen LogP contribution >= 0.6 is 11.8 Å². The summed E-state index contributed by atoms with van der Waals surface area (Å²) in [7, 11) is 0. The molecule has 2 fully saturated rings. The number of aliphatic hydroxyl groups is 1. The van der Waals surface area contributed by atoms with Gasteiger partial charge in [-0.25, -0.2) is 0 Å². The number of fused-ring (bicyclic) bond motifs is 2. The van der Waals surface area contributed by atoms with Crippen molar-refractivity contribution in [1.29, 1.82) is 0 Å². The molecule has 4 aliphatic heterocycles. The van der Waals surface area contributed by atoms with Gasteiger partial charge in [0.05, 0.1) is 16.6 Å². The quantitative estimate of drug-likeness (QED) is 0.355. The number of carbonyl (C=O) groups excluding carboxylic acids is 3. The van der Waals surface area contributed by atoms with Crippen molar-refractivity contribution in [3.05, 3.63) is 96.1 Å². The third kappa shape index (κ3) is 4.98. The van der Waals surface area contributed by atoms with Gasteiger partial charge in [-0.2, -0.15) is 0 Å². The Kier molecular flexibility index (Phi) is 8.03. The fourth-order valence-corrected chi connectivity index (χ4v) is 9.48. The van der Waals surface area contributed by atoms with E-state index in [1.54, 1.807) is 16.7 Å².